The van der Waals surface area contributed by atoms with Crippen molar-refractivity contribution >= 4 is 5.91 Å². The van der Waals surface area contributed by atoms with Gasteiger partial charge in [-0.1, -0.05) is 0 Å². The first-order chi connectivity index (χ1) is 7.68. The molecule has 1 N–H and O–H groups in total. The van der Waals surface area contributed by atoms with Crippen molar-refractivity contribution in [3.8, 4) is 0 Å². The van der Waals surface area contributed by atoms with Crippen molar-refractivity contribution in [2.75, 3.05) is 19.8 Å². The Balaban J connectivity index is 1.93. The number of carbonyl (C=O) groups excluding carboxylic acids is 1. The minimum atomic E-state index is -0.321. The molecule has 0 aromatic heterocycles. The maximum Gasteiger partial charge on any atom is 0.228 e. The number of rotatable bonds is 3. The predicted octanol–water partition coefficient (Wildman–Crippen LogP) is 0.785. The highest BCUT2D eigenvalue weighted by atomic mass is 16.5. The van der Waals surface area contributed by atoms with E-state index in [9.17, 15) is 9.90 Å². The molecule has 1 amide bonds. The summed E-state index contributed by atoms with van der Waals surface area (Å²) < 4.78 is 5.26. The van der Waals surface area contributed by atoms with Gasteiger partial charge in [-0.25, -0.2) is 0 Å². The monoisotopic (exact) mass is 227 g/mol. The molecule has 16 heavy (non-hydrogen) atoms. The van der Waals surface area contributed by atoms with Crippen LogP contribution in [0.2, 0.25) is 0 Å². The fourth-order valence-corrected chi connectivity index (χ4v) is 2.73. The third kappa shape index (κ3) is 2.55. The Labute approximate surface area is 96.6 Å². The Hall–Kier alpha value is -0.610. The Bertz CT molecular complexity index is 249. The fraction of sp³-hybridized carbons (Fsp3) is 0.917. The minimum Gasteiger partial charge on any atom is -0.393 e. The second kappa shape index (κ2) is 5.15. The van der Waals surface area contributed by atoms with Crippen LogP contribution in [0.5, 0.6) is 0 Å². The summed E-state index contributed by atoms with van der Waals surface area (Å²) in [6, 6.07) is 0.244. The molecule has 2 aliphatic rings. The molecule has 2 fully saturated rings. The molecule has 2 saturated heterocycles. The average Bonchev–Trinajstić information content (AvgIpc) is 2.84. The van der Waals surface area contributed by atoms with Gasteiger partial charge in [0.05, 0.1) is 18.6 Å². The van der Waals surface area contributed by atoms with Crippen LogP contribution in [0.1, 0.15) is 32.6 Å². The van der Waals surface area contributed by atoms with E-state index < -0.39 is 0 Å². The number of likely N-dealkylation sites (tertiary alicyclic amines) is 1. The number of ether oxygens (including phenoxy) is 1. The average molecular weight is 227 g/mol. The number of amides is 1. The molecule has 0 aromatic carbocycles. The third-order valence-corrected chi connectivity index (χ3v) is 3.55. The van der Waals surface area contributed by atoms with Crippen molar-refractivity contribution in [1.82, 2.24) is 4.90 Å². The smallest absolute Gasteiger partial charge is 0.228 e. The SMILES string of the molecule is CC(O)CC1CCCN1C(=O)C1CCOC1. The quantitative estimate of drug-likeness (QED) is 0.775. The zero-order valence-corrected chi connectivity index (χ0v) is 9.89. The molecule has 3 atom stereocenters. The zero-order chi connectivity index (χ0) is 11.5. The summed E-state index contributed by atoms with van der Waals surface area (Å²) in [5.41, 5.74) is 0. The molecule has 0 aromatic rings. The summed E-state index contributed by atoms with van der Waals surface area (Å²) in [6.07, 6.45) is 3.34. The number of hydrogen-bond donors (Lipinski definition) is 1. The van der Waals surface area contributed by atoms with Gasteiger partial charge in [0.2, 0.25) is 5.91 Å². The van der Waals surface area contributed by atoms with Crippen LogP contribution in [-0.4, -0.2) is 47.8 Å². The van der Waals surface area contributed by atoms with Crippen LogP contribution in [-0.2, 0) is 9.53 Å². The summed E-state index contributed by atoms with van der Waals surface area (Å²) in [5.74, 6) is 0.301. The number of carbonyl (C=O) groups is 1. The van der Waals surface area contributed by atoms with Gasteiger partial charge in [0, 0.05) is 19.2 Å². The lowest BCUT2D eigenvalue weighted by atomic mass is 10.0. The van der Waals surface area contributed by atoms with E-state index in [2.05, 4.69) is 0 Å². The zero-order valence-electron chi connectivity index (χ0n) is 9.89. The van der Waals surface area contributed by atoms with E-state index in [-0.39, 0.29) is 24.0 Å². The fourth-order valence-electron chi connectivity index (χ4n) is 2.73. The second-order valence-electron chi connectivity index (χ2n) is 4.97. The van der Waals surface area contributed by atoms with Crippen LogP contribution >= 0.6 is 0 Å². The van der Waals surface area contributed by atoms with Gasteiger partial charge in [-0.05, 0) is 32.6 Å². The van der Waals surface area contributed by atoms with Gasteiger partial charge in [-0.3, -0.25) is 4.79 Å². The van der Waals surface area contributed by atoms with Gasteiger partial charge in [-0.15, -0.1) is 0 Å². The molecule has 0 bridgehead atoms. The topological polar surface area (TPSA) is 49.8 Å². The molecule has 0 spiro atoms. The molecule has 0 saturated carbocycles. The Morgan fingerprint density at radius 2 is 2.38 bits per heavy atom. The third-order valence-electron chi connectivity index (χ3n) is 3.55. The molecule has 4 heteroatoms. The molecule has 92 valence electrons. The van der Waals surface area contributed by atoms with E-state index in [1.165, 1.54) is 0 Å². The van der Waals surface area contributed by atoms with Crippen molar-refractivity contribution in [2.24, 2.45) is 5.92 Å². The van der Waals surface area contributed by atoms with Crippen molar-refractivity contribution in [3.05, 3.63) is 0 Å². The van der Waals surface area contributed by atoms with E-state index in [0.29, 0.717) is 19.6 Å². The molecule has 0 radical (unpaired) electrons. The molecule has 2 rings (SSSR count). The highest BCUT2D eigenvalue weighted by Crippen LogP contribution is 2.25. The second-order valence-corrected chi connectivity index (χ2v) is 4.97. The highest BCUT2D eigenvalue weighted by molar-refractivity contribution is 5.79. The van der Waals surface area contributed by atoms with Crippen molar-refractivity contribution in [2.45, 2.75) is 44.8 Å². The maximum atomic E-state index is 12.2. The van der Waals surface area contributed by atoms with Gasteiger partial charge in [0.1, 0.15) is 0 Å². The van der Waals surface area contributed by atoms with Gasteiger partial charge in [-0.2, -0.15) is 0 Å². The normalized spacial score (nSPS) is 32.0. The van der Waals surface area contributed by atoms with Crippen LogP contribution < -0.4 is 0 Å². The Kier molecular flexibility index (Phi) is 3.82. The standard InChI is InChI=1S/C12H21NO3/c1-9(14)7-11-3-2-5-13(11)12(15)10-4-6-16-8-10/h9-11,14H,2-8H2,1H3. The van der Waals surface area contributed by atoms with Crippen LogP contribution in [0, 0.1) is 5.92 Å². The van der Waals surface area contributed by atoms with Crippen molar-refractivity contribution in [1.29, 1.82) is 0 Å². The van der Waals surface area contributed by atoms with E-state index >= 15 is 0 Å². The van der Waals surface area contributed by atoms with Gasteiger partial charge >= 0.3 is 0 Å². The van der Waals surface area contributed by atoms with Crippen molar-refractivity contribution in [3.63, 3.8) is 0 Å². The molecule has 2 heterocycles. The van der Waals surface area contributed by atoms with Gasteiger partial charge in [0.15, 0.2) is 0 Å². The first-order valence-corrected chi connectivity index (χ1v) is 6.24. The van der Waals surface area contributed by atoms with Crippen LogP contribution in [0.15, 0.2) is 0 Å². The molecule has 2 aliphatic heterocycles. The minimum absolute atomic E-state index is 0.0644. The molecular formula is C12H21NO3. The number of aliphatic hydroxyl groups excluding tert-OH is 1. The molecular weight excluding hydrogens is 206 g/mol. The number of nitrogens with zero attached hydrogens (tertiary/aromatic N) is 1. The van der Waals surface area contributed by atoms with Crippen LogP contribution in [0.3, 0.4) is 0 Å². The lowest BCUT2D eigenvalue weighted by Gasteiger charge is -2.27. The summed E-state index contributed by atoms with van der Waals surface area (Å²) in [7, 11) is 0. The summed E-state index contributed by atoms with van der Waals surface area (Å²) >= 11 is 0. The Morgan fingerprint density at radius 1 is 1.56 bits per heavy atom. The molecule has 0 aliphatic carbocycles. The lowest BCUT2D eigenvalue weighted by molar-refractivity contribution is -0.136. The van der Waals surface area contributed by atoms with E-state index in [1.54, 1.807) is 6.92 Å². The van der Waals surface area contributed by atoms with Crippen molar-refractivity contribution < 1.29 is 14.6 Å². The first kappa shape index (κ1) is 11.9. The largest absolute Gasteiger partial charge is 0.393 e. The lowest BCUT2D eigenvalue weighted by Crippen LogP contribution is -2.41. The molecule has 3 unspecified atom stereocenters. The van der Waals surface area contributed by atoms with Gasteiger partial charge < -0.3 is 14.7 Å². The molecule has 4 nitrogen and oxygen atoms in total. The van der Waals surface area contributed by atoms with Crippen LogP contribution in [0.4, 0.5) is 0 Å². The predicted molar refractivity (Wildman–Crippen MR) is 60.0 cm³/mol. The number of aliphatic hydroxyl groups is 1. The number of hydrogen-bond acceptors (Lipinski definition) is 3. The summed E-state index contributed by atoms with van der Waals surface area (Å²) in [4.78, 5) is 14.2. The van der Waals surface area contributed by atoms with E-state index in [0.717, 1.165) is 25.8 Å². The van der Waals surface area contributed by atoms with E-state index in [1.807, 2.05) is 4.90 Å². The maximum absolute atomic E-state index is 12.2. The highest BCUT2D eigenvalue weighted by Gasteiger charge is 2.34. The van der Waals surface area contributed by atoms with Crippen LogP contribution in [0.25, 0.3) is 0 Å². The first-order valence-electron chi connectivity index (χ1n) is 6.24. The van der Waals surface area contributed by atoms with E-state index in [4.69, 9.17) is 4.74 Å². The Morgan fingerprint density at radius 3 is 3.00 bits per heavy atom. The summed E-state index contributed by atoms with van der Waals surface area (Å²) in [5, 5.41) is 9.42. The summed E-state index contributed by atoms with van der Waals surface area (Å²) in [6.45, 7) is 3.94. The van der Waals surface area contributed by atoms with Gasteiger partial charge in [0.25, 0.3) is 0 Å².